The van der Waals surface area contributed by atoms with Crippen LogP contribution in [-0.2, 0) is 4.74 Å². The second-order valence-corrected chi connectivity index (χ2v) is 5.16. The van der Waals surface area contributed by atoms with Gasteiger partial charge in [0, 0.05) is 24.7 Å². The zero-order chi connectivity index (χ0) is 11.2. The summed E-state index contributed by atoms with van der Waals surface area (Å²) in [5.74, 6) is 1.22. The molecule has 0 radical (unpaired) electrons. The average molecular weight is 237 g/mol. The first-order chi connectivity index (χ1) is 7.92. The molecule has 3 heteroatoms. The minimum absolute atomic E-state index is 0.536. The van der Waals surface area contributed by atoms with Crippen molar-refractivity contribution in [1.29, 1.82) is 0 Å². The average Bonchev–Trinajstić information content (AvgIpc) is 2.35. The second-order valence-electron chi connectivity index (χ2n) is 4.03. The van der Waals surface area contributed by atoms with Crippen molar-refractivity contribution in [2.45, 2.75) is 23.8 Å². The lowest BCUT2D eigenvalue weighted by atomic mass is 10.0. The van der Waals surface area contributed by atoms with Crippen molar-refractivity contribution in [3.63, 3.8) is 0 Å². The largest absolute Gasteiger partial charge is 0.385 e. The minimum Gasteiger partial charge on any atom is -0.385 e. The van der Waals surface area contributed by atoms with Gasteiger partial charge in [0.15, 0.2) is 0 Å². The maximum Gasteiger partial charge on any atom is 0.0474 e. The summed E-state index contributed by atoms with van der Waals surface area (Å²) in [5.41, 5.74) is 1.47. The van der Waals surface area contributed by atoms with E-state index in [4.69, 9.17) is 4.74 Å². The molecule has 88 valence electrons. The lowest BCUT2D eigenvalue weighted by Crippen LogP contribution is -2.26. The van der Waals surface area contributed by atoms with E-state index in [1.807, 2.05) is 11.8 Å². The molecule has 1 unspecified atom stereocenters. The molecule has 16 heavy (non-hydrogen) atoms. The van der Waals surface area contributed by atoms with Crippen LogP contribution in [0.2, 0.25) is 0 Å². The number of benzene rings is 1. The molecule has 1 aromatic carbocycles. The van der Waals surface area contributed by atoms with E-state index < -0.39 is 0 Å². The highest BCUT2D eigenvalue weighted by Gasteiger charge is 2.18. The minimum atomic E-state index is 0.536. The quantitative estimate of drug-likeness (QED) is 0.796. The third-order valence-electron chi connectivity index (χ3n) is 2.87. The molecule has 1 aliphatic heterocycles. The van der Waals surface area contributed by atoms with Gasteiger partial charge in [0.1, 0.15) is 0 Å². The summed E-state index contributed by atoms with van der Waals surface area (Å²) >= 11 is 1.97. The van der Waals surface area contributed by atoms with Gasteiger partial charge in [-0.25, -0.2) is 0 Å². The van der Waals surface area contributed by atoms with Gasteiger partial charge >= 0.3 is 0 Å². The van der Waals surface area contributed by atoms with E-state index in [9.17, 15) is 0 Å². The summed E-state index contributed by atoms with van der Waals surface area (Å²) in [5, 5.41) is 3.62. The van der Waals surface area contributed by atoms with Gasteiger partial charge in [0.05, 0.1) is 0 Å². The highest BCUT2D eigenvalue weighted by molar-refractivity contribution is 7.99. The van der Waals surface area contributed by atoms with Gasteiger partial charge in [-0.05, 0) is 36.8 Å². The maximum atomic E-state index is 5.06. The standard InChI is InChI=1S/C13H19NOS/c1-15-9-4-8-14-12-7-10-16-13-6-3-2-5-11(12)13/h2-3,5-6,12,14H,4,7-10H2,1H3. The van der Waals surface area contributed by atoms with Gasteiger partial charge in [-0.1, -0.05) is 18.2 Å². The topological polar surface area (TPSA) is 21.3 Å². The Kier molecular flexibility index (Phi) is 4.69. The molecule has 0 spiro atoms. The monoisotopic (exact) mass is 237 g/mol. The predicted octanol–water partition coefficient (Wildman–Crippen LogP) is 2.85. The van der Waals surface area contributed by atoms with Crippen LogP contribution < -0.4 is 5.32 Å². The van der Waals surface area contributed by atoms with E-state index in [1.54, 1.807) is 7.11 Å². The molecule has 0 fully saturated rings. The maximum absolute atomic E-state index is 5.06. The van der Waals surface area contributed by atoms with Crippen LogP contribution in [0.5, 0.6) is 0 Å². The molecule has 2 rings (SSSR count). The molecule has 0 amide bonds. The number of hydrogen-bond acceptors (Lipinski definition) is 3. The van der Waals surface area contributed by atoms with Gasteiger partial charge in [0.25, 0.3) is 0 Å². The SMILES string of the molecule is COCCCNC1CCSc2ccccc21. The Morgan fingerprint density at radius 3 is 3.19 bits per heavy atom. The Bertz CT molecular complexity index is 329. The molecule has 1 atom stereocenters. The molecule has 1 aromatic rings. The van der Waals surface area contributed by atoms with Crippen molar-refractivity contribution in [2.75, 3.05) is 26.0 Å². The fourth-order valence-corrected chi connectivity index (χ4v) is 3.17. The van der Waals surface area contributed by atoms with E-state index in [0.717, 1.165) is 19.6 Å². The van der Waals surface area contributed by atoms with Gasteiger partial charge in [-0.2, -0.15) is 0 Å². The highest BCUT2D eigenvalue weighted by Crippen LogP contribution is 2.35. The van der Waals surface area contributed by atoms with E-state index in [-0.39, 0.29) is 0 Å². The first-order valence-corrected chi connectivity index (χ1v) is 6.84. The molecule has 0 aliphatic carbocycles. The van der Waals surface area contributed by atoms with Crippen molar-refractivity contribution >= 4 is 11.8 Å². The van der Waals surface area contributed by atoms with E-state index >= 15 is 0 Å². The zero-order valence-corrected chi connectivity index (χ0v) is 10.6. The van der Waals surface area contributed by atoms with Crippen molar-refractivity contribution in [3.8, 4) is 0 Å². The van der Waals surface area contributed by atoms with Crippen LogP contribution in [-0.4, -0.2) is 26.0 Å². The number of fused-ring (bicyclic) bond motifs is 1. The van der Waals surface area contributed by atoms with E-state index in [0.29, 0.717) is 6.04 Å². The van der Waals surface area contributed by atoms with Crippen molar-refractivity contribution in [1.82, 2.24) is 5.32 Å². The smallest absolute Gasteiger partial charge is 0.0474 e. The Morgan fingerprint density at radius 1 is 1.44 bits per heavy atom. The van der Waals surface area contributed by atoms with Crippen LogP contribution in [0.4, 0.5) is 0 Å². The summed E-state index contributed by atoms with van der Waals surface area (Å²) in [4.78, 5) is 1.44. The first kappa shape index (κ1) is 12.0. The Morgan fingerprint density at radius 2 is 2.31 bits per heavy atom. The first-order valence-electron chi connectivity index (χ1n) is 5.86. The Hall–Kier alpha value is -0.510. The summed E-state index contributed by atoms with van der Waals surface area (Å²) in [7, 11) is 1.76. The molecule has 1 heterocycles. The number of nitrogens with one attached hydrogen (secondary N) is 1. The number of ether oxygens (including phenoxy) is 1. The molecule has 1 N–H and O–H groups in total. The fraction of sp³-hybridized carbons (Fsp3) is 0.538. The van der Waals surface area contributed by atoms with E-state index in [2.05, 4.69) is 29.6 Å². The lowest BCUT2D eigenvalue weighted by Gasteiger charge is -2.25. The molecule has 0 saturated heterocycles. The summed E-state index contributed by atoms with van der Waals surface area (Å²) in [6.45, 7) is 1.88. The number of hydrogen-bond donors (Lipinski definition) is 1. The number of thioether (sulfide) groups is 1. The third kappa shape index (κ3) is 3.00. The highest BCUT2D eigenvalue weighted by atomic mass is 32.2. The Labute approximate surface area is 102 Å². The summed E-state index contributed by atoms with van der Waals surface area (Å²) < 4.78 is 5.06. The van der Waals surface area contributed by atoms with Crippen LogP contribution in [0.1, 0.15) is 24.4 Å². The zero-order valence-electron chi connectivity index (χ0n) is 9.74. The second kappa shape index (κ2) is 6.28. The van der Waals surface area contributed by atoms with Gasteiger partial charge in [-0.3, -0.25) is 0 Å². The van der Waals surface area contributed by atoms with Crippen LogP contribution >= 0.6 is 11.8 Å². The molecule has 1 aliphatic rings. The normalized spacial score (nSPS) is 19.4. The fourth-order valence-electron chi connectivity index (χ4n) is 2.05. The number of rotatable bonds is 5. The van der Waals surface area contributed by atoms with E-state index in [1.165, 1.54) is 22.6 Å². The number of methoxy groups -OCH3 is 1. The third-order valence-corrected chi connectivity index (χ3v) is 4.00. The van der Waals surface area contributed by atoms with Crippen molar-refractivity contribution in [3.05, 3.63) is 29.8 Å². The molecule has 2 nitrogen and oxygen atoms in total. The molecule has 0 aromatic heterocycles. The predicted molar refractivity (Wildman–Crippen MR) is 69.0 cm³/mol. The van der Waals surface area contributed by atoms with Crippen LogP contribution in [0.3, 0.4) is 0 Å². The lowest BCUT2D eigenvalue weighted by molar-refractivity contribution is 0.193. The summed E-state index contributed by atoms with van der Waals surface area (Å²) in [6.07, 6.45) is 2.32. The van der Waals surface area contributed by atoms with Crippen LogP contribution in [0.15, 0.2) is 29.2 Å². The molecular weight excluding hydrogens is 218 g/mol. The van der Waals surface area contributed by atoms with Gasteiger partial charge in [-0.15, -0.1) is 11.8 Å². The Balaban J connectivity index is 1.91. The van der Waals surface area contributed by atoms with Crippen molar-refractivity contribution < 1.29 is 4.74 Å². The van der Waals surface area contributed by atoms with Gasteiger partial charge in [0.2, 0.25) is 0 Å². The van der Waals surface area contributed by atoms with Crippen molar-refractivity contribution in [2.24, 2.45) is 0 Å². The van der Waals surface area contributed by atoms with Gasteiger partial charge < -0.3 is 10.1 Å². The van der Waals surface area contributed by atoms with Crippen LogP contribution in [0, 0.1) is 0 Å². The summed E-state index contributed by atoms with van der Waals surface area (Å²) in [6, 6.07) is 9.26. The molecule has 0 saturated carbocycles. The molecular formula is C13H19NOS. The molecule has 0 bridgehead atoms. The van der Waals surface area contributed by atoms with Crippen LogP contribution in [0.25, 0.3) is 0 Å².